The first-order valence-corrected chi connectivity index (χ1v) is 10.8. The summed E-state index contributed by atoms with van der Waals surface area (Å²) in [5.74, 6) is 1.21. The summed E-state index contributed by atoms with van der Waals surface area (Å²) < 4.78 is 21.6. The van der Waals surface area contributed by atoms with Crippen molar-refractivity contribution in [1.29, 1.82) is 0 Å². The highest BCUT2D eigenvalue weighted by molar-refractivity contribution is 5.92. The fourth-order valence-electron chi connectivity index (χ4n) is 3.49. The minimum Gasteiger partial charge on any atom is -0.483 e. The van der Waals surface area contributed by atoms with E-state index in [-0.39, 0.29) is 19.3 Å². The Morgan fingerprint density at radius 3 is 2.60 bits per heavy atom. The minimum atomic E-state index is -0.511. The Morgan fingerprint density at radius 2 is 1.71 bits per heavy atom. The second kappa shape index (κ2) is 9.96. The van der Waals surface area contributed by atoms with Crippen molar-refractivity contribution < 1.29 is 28.5 Å². The maximum Gasteiger partial charge on any atom is 0.343 e. The normalized spacial score (nSPS) is 12.0. The van der Waals surface area contributed by atoms with Crippen molar-refractivity contribution in [1.82, 2.24) is 5.43 Å². The van der Waals surface area contributed by atoms with E-state index in [1.165, 1.54) is 6.21 Å². The Morgan fingerprint density at radius 1 is 0.914 bits per heavy atom. The van der Waals surface area contributed by atoms with Crippen molar-refractivity contribution in [2.24, 2.45) is 5.10 Å². The van der Waals surface area contributed by atoms with E-state index in [0.29, 0.717) is 34.1 Å². The molecule has 1 aliphatic heterocycles. The molecule has 0 bridgehead atoms. The predicted octanol–water partition coefficient (Wildman–Crippen LogP) is 4.32. The van der Waals surface area contributed by atoms with Crippen molar-refractivity contribution in [2.45, 2.75) is 0 Å². The van der Waals surface area contributed by atoms with Crippen LogP contribution in [-0.2, 0) is 4.79 Å². The van der Waals surface area contributed by atoms with E-state index in [1.54, 1.807) is 42.5 Å². The highest BCUT2D eigenvalue weighted by Gasteiger charge is 2.17. The van der Waals surface area contributed by atoms with Gasteiger partial charge < -0.3 is 18.9 Å². The van der Waals surface area contributed by atoms with E-state index in [2.05, 4.69) is 10.5 Å². The van der Waals surface area contributed by atoms with Gasteiger partial charge in [-0.25, -0.2) is 10.2 Å². The lowest BCUT2D eigenvalue weighted by Gasteiger charge is -2.08. The summed E-state index contributed by atoms with van der Waals surface area (Å²) in [5, 5.41) is 5.92. The number of hydrogen-bond acceptors (Lipinski definition) is 7. The lowest BCUT2D eigenvalue weighted by atomic mass is 10.1. The number of carbonyl (C=O) groups excluding carboxylic acids is 2. The van der Waals surface area contributed by atoms with Crippen LogP contribution in [0.15, 0.2) is 90.0 Å². The minimum absolute atomic E-state index is 0.133. The molecular weight excluding hydrogens is 448 g/mol. The standard InChI is InChI=1S/C27H20N2O6/c30-26(16-32-23-7-3-5-19-4-1-2-6-22(19)23)29-28-15-18-8-11-21(12-9-18)35-27(31)20-10-13-24-25(14-20)34-17-33-24/h1-15H,16-17H2,(H,29,30)/b28-15-. The number of esters is 1. The fourth-order valence-corrected chi connectivity index (χ4v) is 3.49. The summed E-state index contributed by atoms with van der Waals surface area (Å²) in [6.07, 6.45) is 1.49. The number of hydrazone groups is 1. The Balaban J connectivity index is 1.11. The second-order valence-electron chi connectivity index (χ2n) is 7.59. The number of rotatable bonds is 7. The van der Waals surface area contributed by atoms with E-state index in [4.69, 9.17) is 18.9 Å². The topological polar surface area (TPSA) is 95.5 Å². The van der Waals surface area contributed by atoms with Gasteiger partial charge in [-0.2, -0.15) is 5.10 Å². The zero-order valence-corrected chi connectivity index (χ0v) is 18.5. The van der Waals surface area contributed by atoms with Gasteiger partial charge in [0, 0.05) is 5.39 Å². The molecule has 8 heteroatoms. The monoisotopic (exact) mass is 468 g/mol. The van der Waals surface area contributed by atoms with Crippen LogP contribution in [0.25, 0.3) is 10.8 Å². The molecule has 1 N–H and O–H groups in total. The molecule has 1 heterocycles. The number of nitrogens with zero attached hydrogens (tertiary/aromatic N) is 1. The van der Waals surface area contributed by atoms with Crippen molar-refractivity contribution in [2.75, 3.05) is 13.4 Å². The molecule has 0 spiro atoms. The maximum atomic E-state index is 12.4. The average molecular weight is 468 g/mol. The third-order valence-electron chi connectivity index (χ3n) is 5.21. The van der Waals surface area contributed by atoms with Gasteiger partial charge in [-0.3, -0.25) is 4.79 Å². The largest absolute Gasteiger partial charge is 0.483 e. The highest BCUT2D eigenvalue weighted by atomic mass is 16.7. The Labute approximate surface area is 200 Å². The van der Waals surface area contributed by atoms with Crippen LogP contribution in [0, 0.1) is 0 Å². The smallest absolute Gasteiger partial charge is 0.343 e. The van der Waals surface area contributed by atoms with Gasteiger partial charge in [0.15, 0.2) is 18.1 Å². The van der Waals surface area contributed by atoms with E-state index in [0.717, 1.165) is 10.8 Å². The van der Waals surface area contributed by atoms with Gasteiger partial charge in [-0.05, 0) is 59.5 Å². The summed E-state index contributed by atoms with van der Waals surface area (Å²) in [6, 6.07) is 25.0. The van der Waals surface area contributed by atoms with Gasteiger partial charge in [0.1, 0.15) is 11.5 Å². The SMILES string of the molecule is O=C(COc1cccc2ccccc12)N/N=C\c1ccc(OC(=O)c2ccc3c(c2)OCO3)cc1. The van der Waals surface area contributed by atoms with Crippen molar-refractivity contribution in [3.8, 4) is 23.0 Å². The van der Waals surface area contributed by atoms with Crippen molar-refractivity contribution >= 4 is 28.9 Å². The summed E-state index contributed by atoms with van der Waals surface area (Å²) in [6.45, 7) is -0.0331. The first-order valence-electron chi connectivity index (χ1n) is 10.8. The molecule has 0 saturated heterocycles. The second-order valence-corrected chi connectivity index (χ2v) is 7.59. The number of benzene rings is 4. The van der Waals surface area contributed by atoms with E-state index >= 15 is 0 Å². The molecular formula is C27H20N2O6. The number of nitrogens with one attached hydrogen (secondary N) is 1. The molecule has 0 fully saturated rings. The summed E-state index contributed by atoms with van der Waals surface area (Å²) >= 11 is 0. The molecule has 1 amide bonds. The first kappa shape index (κ1) is 22.0. The number of ether oxygens (including phenoxy) is 4. The molecule has 1 aliphatic rings. The Hall–Kier alpha value is -4.85. The van der Waals surface area contributed by atoms with E-state index in [1.807, 2.05) is 42.5 Å². The average Bonchev–Trinajstić information content (AvgIpc) is 3.36. The highest BCUT2D eigenvalue weighted by Crippen LogP contribution is 2.32. The lowest BCUT2D eigenvalue weighted by molar-refractivity contribution is -0.123. The van der Waals surface area contributed by atoms with Gasteiger partial charge in [-0.1, -0.05) is 36.4 Å². The number of hydrogen-bond donors (Lipinski definition) is 1. The molecule has 0 aromatic heterocycles. The van der Waals surface area contributed by atoms with E-state index < -0.39 is 5.97 Å². The molecule has 0 aliphatic carbocycles. The molecule has 8 nitrogen and oxygen atoms in total. The third kappa shape index (κ3) is 5.22. The number of carbonyl (C=O) groups is 2. The Bertz CT molecular complexity index is 1410. The van der Waals surface area contributed by atoms with Gasteiger partial charge in [-0.15, -0.1) is 0 Å². The van der Waals surface area contributed by atoms with Crippen LogP contribution in [-0.4, -0.2) is 31.5 Å². The van der Waals surface area contributed by atoms with Gasteiger partial charge >= 0.3 is 5.97 Å². The summed E-state index contributed by atoms with van der Waals surface area (Å²) in [7, 11) is 0. The van der Waals surface area contributed by atoms with Crippen LogP contribution in [0.5, 0.6) is 23.0 Å². The van der Waals surface area contributed by atoms with Crippen LogP contribution in [0.2, 0.25) is 0 Å². The molecule has 5 rings (SSSR count). The number of fused-ring (bicyclic) bond motifs is 2. The summed E-state index contributed by atoms with van der Waals surface area (Å²) in [5.41, 5.74) is 3.50. The van der Waals surface area contributed by atoms with Crippen molar-refractivity contribution in [3.05, 3.63) is 96.1 Å². The van der Waals surface area contributed by atoms with Crippen molar-refractivity contribution in [3.63, 3.8) is 0 Å². The zero-order valence-electron chi connectivity index (χ0n) is 18.5. The molecule has 35 heavy (non-hydrogen) atoms. The van der Waals surface area contributed by atoms with Crippen LogP contribution in [0.1, 0.15) is 15.9 Å². The van der Waals surface area contributed by atoms with Crippen LogP contribution in [0.4, 0.5) is 0 Å². The van der Waals surface area contributed by atoms with Gasteiger partial charge in [0.25, 0.3) is 5.91 Å². The van der Waals surface area contributed by atoms with Crippen LogP contribution in [0.3, 0.4) is 0 Å². The predicted molar refractivity (Wildman–Crippen MR) is 129 cm³/mol. The van der Waals surface area contributed by atoms with E-state index in [9.17, 15) is 9.59 Å². The molecule has 0 radical (unpaired) electrons. The fraction of sp³-hybridized carbons (Fsp3) is 0.0741. The number of amides is 1. The third-order valence-corrected chi connectivity index (χ3v) is 5.21. The molecule has 4 aromatic carbocycles. The maximum absolute atomic E-state index is 12.4. The quantitative estimate of drug-likeness (QED) is 0.188. The molecule has 0 unspecified atom stereocenters. The summed E-state index contributed by atoms with van der Waals surface area (Å²) in [4.78, 5) is 24.5. The first-order chi connectivity index (χ1) is 17.2. The Kier molecular flexibility index (Phi) is 6.25. The lowest BCUT2D eigenvalue weighted by Crippen LogP contribution is -2.24. The molecule has 0 saturated carbocycles. The van der Waals surface area contributed by atoms with Crippen LogP contribution >= 0.6 is 0 Å². The van der Waals surface area contributed by atoms with Crippen LogP contribution < -0.4 is 24.4 Å². The zero-order chi connectivity index (χ0) is 24.0. The molecule has 4 aromatic rings. The van der Waals surface area contributed by atoms with Gasteiger partial charge in [0.2, 0.25) is 6.79 Å². The molecule has 0 atom stereocenters. The molecule has 174 valence electrons. The van der Waals surface area contributed by atoms with Gasteiger partial charge in [0.05, 0.1) is 11.8 Å².